The summed E-state index contributed by atoms with van der Waals surface area (Å²) in [5, 5.41) is 10.5. The second-order valence-electron chi connectivity index (χ2n) is 7.06. The number of nitrogens with one attached hydrogen (secondary N) is 1. The number of nitrogens with zero attached hydrogens (tertiary/aromatic N) is 2. The van der Waals surface area contributed by atoms with Crippen molar-refractivity contribution in [3.8, 4) is 0 Å². The second kappa shape index (κ2) is 4.66. The molecule has 4 saturated carbocycles. The first-order valence-electron chi connectivity index (χ1n) is 7.56. The molecule has 8 heteroatoms. The number of alkyl halides is 3. The van der Waals surface area contributed by atoms with Gasteiger partial charge in [0.15, 0.2) is 0 Å². The molecular weight excluding hydrogens is 315 g/mol. The van der Waals surface area contributed by atoms with E-state index < -0.39 is 12.1 Å². The van der Waals surface area contributed by atoms with Crippen molar-refractivity contribution in [1.82, 2.24) is 10.2 Å². The van der Waals surface area contributed by atoms with E-state index >= 15 is 0 Å². The molecule has 0 radical (unpaired) electrons. The lowest BCUT2D eigenvalue weighted by molar-refractivity contribution is -0.167. The van der Waals surface area contributed by atoms with Gasteiger partial charge in [-0.25, -0.2) is 0 Å². The highest BCUT2D eigenvalue weighted by Crippen LogP contribution is 2.61. The Labute approximate surface area is 129 Å². The predicted molar refractivity (Wildman–Crippen MR) is 74.4 cm³/mol. The van der Waals surface area contributed by atoms with Gasteiger partial charge in [-0.3, -0.25) is 10.1 Å². The van der Waals surface area contributed by atoms with Gasteiger partial charge in [-0.05, 0) is 56.3 Å². The number of halogens is 3. The number of carbonyl (C=O) groups is 1. The Bertz CT molecular complexity index is 577. The van der Waals surface area contributed by atoms with Crippen molar-refractivity contribution < 1.29 is 18.0 Å². The van der Waals surface area contributed by atoms with Crippen LogP contribution in [0.2, 0.25) is 0 Å². The summed E-state index contributed by atoms with van der Waals surface area (Å²) in [7, 11) is 0. The van der Waals surface area contributed by atoms with Crippen LogP contribution in [0.25, 0.3) is 0 Å². The first-order valence-corrected chi connectivity index (χ1v) is 8.38. The third-order valence-electron chi connectivity index (χ3n) is 5.39. The van der Waals surface area contributed by atoms with Crippen LogP contribution in [-0.2, 0) is 10.2 Å². The van der Waals surface area contributed by atoms with Gasteiger partial charge in [0.05, 0.1) is 0 Å². The van der Waals surface area contributed by atoms with Crippen LogP contribution in [0.3, 0.4) is 0 Å². The highest BCUT2D eigenvalue weighted by molar-refractivity contribution is 7.15. The number of anilines is 1. The van der Waals surface area contributed by atoms with Crippen LogP contribution in [0.4, 0.5) is 18.3 Å². The first-order chi connectivity index (χ1) is 10.3. The number of carbonyl (C=O) groups excluding carboxylic acids is 1. The smallest absolute Gasteiger partial charge is 0.293 e. The lowest BCUT2D eigenvalue weighted by atomic mass is 9.50. The average molecular weight is 331 g/mol. The highest BCUT2D eigenvalue weighted by atomic mass is 32.1. The number of rotatable bonds is 2. The Balaban J connectivity index is 1.56. The minimum absolute atomic E-state index is 0.00632. The van der Waals surface area contributed by atoms with Crippen molar-refractivity contribution in [2.24, 2.45) is 17.8 Å². The van der Waals surface area contributed by atoms with Crippen LogP contribution in [0.1, 0.15) is 43.5 Å². The maximum Gasteiger partial charge on any atom is 0.471 e. The SMILES string of the molecule is O=C(Nc1nnc(C23CC4CC(CC(C4)C2)C3)s1)C(F)(F)F. The highest BCUT2D eigenvalue weighted by Gasteiger charge is 2.53. The van der Waals surface area contributed by atoms with Gasteiger partial charge in [0, 0.05) is 5.41 Å². The lowest BCUT2D eigenvalue weighted by Crippen LogP contribution is -2.48. The van der Waals surface area contributed by atoms with E-state index in [1.54, 1.807) is 0 Å². The molecule has 4 aliphatic carbocycles. The number of hydrogen-bond donors (Lipinski definition) is 1. The van der Waals surface area contributed by atoms with Crippen LogP contribution in [0.15, 0.2) is 0 Å². The van der Waals surface area contributed by atoms with Gasteiger partial charge in [-0.1, -0.05) is 11.3 Å². The molecule has 5 rings (SSSR count). The summed E-state index contributed by atoms with van der Waals surface area (Å²) < 4.78 is 36.9. The van der Waals surface area contributed by atoms with Gasteiger partial charge in [-0.2, -0.15) is 13.2 Å². The van der Waals surface area contributed by atoms with Gasteiger partial charge in [0.2, 0.25) is 5.13 Å². The second-order valence-corrected chi connectivity index (χ2v) is 8.04. The summed E-state index contributed by atoms with van der Waals surface area (Å²) in [6, 6.07) is 0. The summed E-state index contributed by atoms with van der Waals surface area (Å²) in [5.74, 6) is 0.191. The van der Waals surface area contributed by atoms with Gasteiger partial charge >= 0.3 is 12.1 Å². The van der Waals surface area contributed by atoms with Gasteiger partial charge < -0.3 is 0 Å². The average Bonchev–Trinajstić information content (AvgIpc) is 2.85. The molecule has 0 saturated heterocycles. The molecule has 1 N–H and O–H groups in total. The largest absolute Gasteiger partial charge is 0.471 e. The van der Waals surface area contributed by atoms with Crippen LogP contribution in [-0.4, -0.2) is 22.3 Å². The predicted octanol–water partition coefficient (Wildman–Crippen LogP) is 3.51. The van der Waals surface area contributed by atoms with Crippen molar-refractivity contribution in [2.45, 2.75) is 50.1 Å². The zero-order valence-electron chi connectivity index (χ0n) is 11.8. The fourth-order valence-electron chi connectivity index (χ4n) is 5.03. The van der Waals surface area contributed by atoms with Crippen molar-refractivity contribution in [3.63, 3.8) is 0 Å². The van der Waals surface area contributed by atoms with Crippen molar-refractivity contribution in [2.75, 3.05) is 5.32 Å². The summed E-state index contributed by atoms with van der Waals surface area (Å²) in [5.41, 5.74) is -0.00632. The van der Waals surface area contributed by atoms with Crippen LogP contribution in [0, 0.1) is 17.8 Å². The maximum atomic E-state index is 12.3. The van der Waals surface area contributed by atoms with E-state index in [4.69, 9.17) is 0 Å². The van der Waals surface area contributed by atoms with E-state index in [1.807, 2.05) is 5.32 Å². The Morgan fingerprint density at radius 3 is 2.14 bits per heavy atom. The van der Waals surface area contributed by atoms with Gasteiger partial charge in [0.25, 0.3) is 0 Å². The van der Waals surface area contributed by atoms with E-state index in [9.17, 15) is 18.0 Å². The van der Waals surface area contributed by atoms with E-state index in [0.717, 1.165) is 53.4 Å². The molecule has 22 heavy (non-hydrogen) atoms. The molecule has 4 aliphatic rings. The third-order valence-corrected chi connectivity index (χ3v) is 6.48. The molecule has 0 unspecified atom stereocenters. The molecule has 4 bridgehead atoms. The standard InChI is InChI=1S/C14H16F3N3OS/c15-14(16,17)10(21)18-12-20-19-11(22-12)13-4-7-1-8(5-13)3-9(2-7)6-13/h7-9H,1-6H2,(H,18,20,21). The molecule has 1 amide bonds. The Hall–Kier alpha value is -1.18. The Kier molecular flexibility index (Phi) is 3.05. The molecule has 4 nitrogen and oxygen atoms in total. The Morgan fingerprint density at radius 1 is 1.09 bits per heavy atom. The Morgan fingerprint density at radius 2 is 1.64 bits per heavy atom. The molecular formula is C14H16F3N3OS. The number of hydrogen-bond acceptors (Lipinski definition) is 4. The topological polar surface area (TPSA) is 54.9 Å². The van der Waals surface area contributed by atoms with Crippen LogP contribution in [0.5, 0.6) is 0 Å². The third kappa shape index (κ3) is 2.31. The quantitative estimate of drug-likeness (QED) is 0.902. The molecule has 0 aliphatic heterocycles. The summed E-state index contributed by atoms with van der Waals surface area (Å²) >= 11 is 1.11. The van der Waals surface area contributed by atoms with E-state index in [-0.39, 0.29) is 10.5 Å². The molecule has 1 aromatic rings. The molecule has 0 atom stereocenters. The van der Waals surface area contributed by atoms with E-state index in [2.05, 4.69) is 10.2 Å². The number of amides is 1. The van der Waals surface area contributed by atoms with E-state index in [1.165, 1.54) is 19.3 Å². The zero-order valence-corrected chi connectivity index (χ0v) is 12.6. The van der Waals surface area contributed by atoms with Crippen molar-refractivity contribution in [3.05, 3.63) is 5.01 Å². The first kappa shape index (κ1) is 14.4. The normalized spacial score (nSPS) is 36.6. The molecule has 1 heterocycles. The minimum atomic E-state index is -4.90. The zero-order chi connectivity index (χ0) is 15.5. The molecule has 1 aromatic heterocycles. The van der Waals surface area contributed by atoms with Crippen molar-refractivity contribution in [1.29, 1.82) is 0 Å². The van der Waals surface area contributed by atoms with Crippen LogP contribution >= 0.6 is 11.3 Å². The van der Waals surface area contributed by atoms with Gasteiger partial charge in [0.1, 0.15) is 5.01 Å². The molecule has 0 spiro atoms. The fourth-order valence-corrected chi connectivity index (χ4v) is 5.99. The molecule has 4 fully saturated rings. The monoisotopic (exact) mass is 331 g/mol. The van der Waals surface area contributed by atoms with Crippen LogP contribution < -0.4 is 5.32 Å². The summed E-state index contributed by atoms with van der Waals surface area (Å²) in [6.07, 6.45) is 2.18. The van der Waals surface area contributed by atoms with E-state index in [0.29, 0.717) is 0 Å². The number of aromatic nitrogens is 2. The van der Waals surface area contributed by atoms with Gasteiger partial charge in [-0.15, -0.1) is 10.2 Å². The maximum absolute atomic E-state index is 12.3. The van der Waals surface area contributed by atoms with Crippen molar-refractivity contribution >= 4 is 22.4 Å². The lowest BCUT2D eigenvalue weighted by Gasteiger charge is -2.55. The fraction of sp³-hybridized carbons (Fsp3) is 0.786. The summed E-state index contributed by atoms with van der Waals surface area (Å²) in [6.45, 7) is 0. The summed E-state index contributed by atoms with van der Waals surface area (Å²) in [4.78, 5) is 11.0. The molecule has 120 valence electrons. The minimum Gasteiger partial charge on any atom is -0.293 e. The molecule has 0 aromatic carbocycles.